The molecule has 0 radical (unpaired) electrons. The second-order valence-electron chi connectivity index (χ2n) is 3.65. The zero-order valence-electron chi connectivity index (χ0n) is 8.72. The van der Waals surface area contributed by atoms with E-state index in [0.29, 0.717) is 11.9 Å². The fourth-order valence-electron chi connectivity index (χ4n) is 1.58. The van der Waals surface area contributed by atoms with Crippen LogP contribution < -0.4 is 5.32 Å². The van der Waals surface area contributed by atoms with Crippen molar-refractivity contribution in [3.05, 3.63) is 18.1 Å². The third-order valence-electron chi connectivity index (χ3n) is 2.38. The van der Waals surface area contributed by atoms with Crippen molar-refractivity contribution in [2.75, 3.05) is 16.8 Å². The van der Waals surface area contributed by atoms with E-state index in [1.54, 1.807) is 0 Å². The summed E-state index contributed by atoms with van der Waals surface area (Å²) in [6.07, 6.45) is 5.10. The minimum Gasteiger partial charge on any atom is -0.476 e. The first-order chi connectivity index (χ1) is 7.75. The van der Waals surface area contributed by atoms with Crippen molar-refractivity contribution in [1.29, 1.82) is 0 Å². The van der Waals surface area contributed by atoms with Gasteiger partial charge in [-0.3, -0.25) is 0 Å². The summed E-state index contributed by atoms with van der Waals surface area (Å²) in [6.45, 7) is 0. The van der Waals surface area contributed by atoms with Crippen LogP contribution in [-0.2, 0) is 0 Å². The lowest BCUT2D eigenvalue weighted by Gasteiger charge is -2.22. The van der Waals surface area contributed by atoms with Crippen molar-refractivity contribution in [3.8, 4) is 0 Å². The SMILES string of the molecule is O=C(O)c1cnc(NC2CCCSC2)cn1. The number of hydrogen-bond acceptors (Lipinski definition) is 5. The molecular formula is C10H13N3O2S. The largest absolute Gasteiger partial charge is 0.476 e. The Hall–Kier alpha value is -1.30. The average molecular weight is 239 g/mol. The molecule has 1 aromatic rings. The summed E-state index contributed by atoms with van der Waals surface area (Å²) in [5.41, 5.74) is -0.0245. The van der Waals surface area contributed by atoms with Gasteiger partial charge in [-0.05, 0) is 18.6 Å². The Morgan fingerprint density at radius 1 is 1.50 bits per heavy atom. The number of carboxylic acid groups (broad SMARTS) is 1. The van der Waals surface area contributed by atoms with Crippen LogP contribution in [0.1, 0.15) is 23.3 Å². The zero-order valence-corrected chi connectivity index (χ0v) is 9.54. The number of hydrogen-bond donors (Lipinski definition) is 2. The number of aromatic nitrogens is 2. The van der Waals surface area contributed by atoms with Crippen LogP contribution in [0.15, 0.2) is 12.4 Å². The summed E-state index contributed by atoms with van der Waals surface area (Å²) >= 11 is 1.93. The Balaban J connectivity index is 1.96. The van der Waals surface area contributed by atoms with Gasteiger partial charge in [0.1, 0.15) is 5.82 Å². The van der Waals surface area contributed by atoms with Gasteiger partial charge in [-0.25, -0.2) is 14.8 Å². The molecule has 1 aromatic heterocycles. The summed E-state index contributed by atoms with van der Waals surface area (Å²) in [6, 6.07) is 0.420. The molecule has 0 aromatic carbocycles. The van der Waals surface area contributed by atoms with Gasteiger partial charge in [0, 0.05) is 11.8 Å². The highest BCUT2D eigenvalue weighted by atomic mass is 32.2. The molecule has 1 aliphatic rings. The van der Waals surface area contributed by atoms with Gasteiger partial charge in [0.05, 0.1) is 12.4 Å². The fraction of sp³-hybridized carbons (Fsp3) is 0.500. The molecule has 0 amide bonds. The number of rotatable bonds is 3. The van der Waals surface area contributed by atoms with Crippen molar-refractivity contribution in [1.82, 2.24) is 9.97 Å². The number of anilines is 1. The molecule has 1 atom stereocenters. The van der Waals surface area contributed by atoms with Gasteiger partial charge in [-0.2, -0.15) is 11.8 Å². The fourth-order valence-corrected chi connectivity index (χ4v) is 2.65. The highest BCUT2D eigenvalue weighted by Crippen LogP contribution is 2.19. The van der Waals surface area contributed by atoms with E-state index in [0.717, 1.165) is 12.2 Å². The van der Waals surface area contributed by atoms with Gasteiger partial charge >= 0.3 is 5.97 Å². The number of thioether (sulfide) groups is 1. The van der Waals surface area contributed by atoms with Crippen LogP contribution >= 0.6 is 11.8 Å². The predicted molar refractivity (Wildman–Crippen MR) is 63.0 cm³/mol. The van der Waals surface area contributed by atoms with Gasteiger partial charge in [0.2, 0.25) is 0 Å². The average Bonchev–Trinajstić information content (AvgIpc) is 2.31. The Morgan fingerprint density at radius 2 is 2.38 bits per heavy atom. The number of carbonyl (C=O) groups is 1. The molecule has 0 bridgehead atoms. The number of aromatic carboxylic acids is 1. The van der Waals surface area contributed by atoms with Crippen molar-refractivity contribution in [2.45, 2.75) is 18.9 Å². The third-order valence-corrected chi connectivity index (χ3v) is 3.60. The third kappa shape index (κ3) is 2.85. The number of nitrogens with zero attached hydrogens (tertiary/aromatic N) is 2. The van der Waals surface area contributed by atoms with E-state index in [1.807, 2.05) is 11.8 Å². The first-order valence-corrected chi connectivity index (χ1v) is 6.31. The topological polar surface area (TPSA) is 75.1 Å². The smallest absolute Gasteiger partial charge is 0.356 e. The molecule has 1 unspecified atom stereocenters. The monoisotopic (exact) mass is 239 g/mol. The van der Waals surface area contributed by atoms with Gasteiger partial charge in [0.25, 0.3) is 0 Å². The Morgan fingerprint density at radius 3 is 2.94 bits per heavy atom. The van der Waals surface area contributed by atoms with E-state index in [1.165, 1.54) is 24.6 Å². The zero-order chi connectivity index (χ0) is 11.4. The summed E-state index contributed by atoms with van der Waals surface area (Å²) in [7, 11) is 0. The number of nitrogens with one attached hydrogen (secondary N) is 1. The molecule has 0 saturated carbocycles. The summed E-state index contributed by atoms with van der Waals surface area (Å²) in [4.78, 5) is 18.4. The van der Waals surface area contributed by atoms with Gasteiger partial charge < -0.3 is 10.4 Å². The van der Waals surface area contributed by atoms with Crippen molar-refractivity contribution < 1.29 is 9.90 Å². The van der Waals surface area contributed by atoms with Crippen LogP contribution in [0.5, 0.6) is 0 Å². The predicted octanol–water partition coefficient (Wildman–Crippen LogP) is 1.48. The summed E-state index contributed by atoms with van der Waals surface area (Å²) in [5.74, 6) is 1.90. The first kappa shape index (κ1) is 11.2. The molecule has 0 aliphatic carbocycles. The lowest BCUT2D eigenvalue weighted by atomic mass is 10.2. The van der Waals surface area contributed by atoms with E-state index in [9.17, 15) is 4.79 Å². The Bertz CT molecular complexity index is 363. The van der Waals surface area contributed by atoms with E-state index in [2.05, 4.69) is 15.3 Å². The van der Waals surface area contributed by atoms with Gasteiger partial charge in [0.15, 0.2) is 5.69 Å². The highest BCUT2D eigenvalue weighted by molar-refractivity contribution is 7.99. The van der Waals surface area contributed by atoms with Crippen LogP contribution in [-0.4, -0.2) is 38.6 Å². The highest BCUT2D eigenvalue weighted by Gasteiger charge is 2.14. The quantitative estimate of drug-likeness (QED) is 0.832. The van der Waals surface area contributed by atoms with E-state index >= 15 is 0 Å². The van der Waals surface area contributed by atoms with Gasteiger partial charge in [-0.1, -0.05) is 0 Å². The van der Waals surface area contributed by atoms with Crippen LogP contribution in [0.25, 0.3) is 0 Å². The minimum atomic E-state index is -1.05. The van der Waals surface area contributed by atoms with Crippen molar-refractivity contribution >= 4 is 23.5 Å². The molecule has 1 saturated heterocycles. The van der Waals surface area contributed by atoms with E-state index in [4.69, 9.17) is 5.11 Å². The maximum atomic E-state index is 10.6. The molecule has 2 heterocycles. The molecule has 1 aliphatic heterocycles. The lowest BCUT2D eigenvalue weighted by molar-refractivity contribution is 0.0690. The normalized spacial score (nSPS) is 20.4. The van der Waals surface area contributed by atoms with Crippen molar-refractivity contribution in [3.63, 3.8) is 0 Å². The molecule has 86 valence electrons. The van der Waals surface area contributed by atoms with Crippen LogP contribution in [0.3, 0.4) is 0 Å². The van der Waals surface area contributed by atoms with E-state index < -0.39 is 5.97 Å². The molecule has 1 fully saturated rings. The summed E-state index contributed by atoms with van der Waals surface area (Å²) in [5, 5.41) is 11.9. The molecule has 2 rings (SSSR count). The second-order valence-corrected chi connectivity index (χ2v) is 4.80. The van der Waals surface area contributed by atoms with Crippen LogP contribution in [0.4, 0.5) is 5.82 Å². The molecule has 6 heteroatoms. The second kappa shape index (κ2) is 5.16. The number of carboxylic acids is 1. The van der Waals surface area contributed by atoms with E-state index in [-0.39, 0.29) is 5.69 Å². The standard InChI is InChI=1S/C10H13N3O2S/c14-10(15)8-4-12-9(5-11-8)13-7-2-1-3-16-6-7/h4-5,7H,1-3,6H2,(H,12,13)(H,14,15). The molecule has 5 nitrogen and oxygen atoms in total. The summed E-state index contributed by atoms with van der Waals surface area (Å²) < 4.78 is 0. The molecule has 0 spiro atoms. The van der Waals surface area contributed by atoms with Crippen LogP contribution in [0, 0.1) is 0 Å². The molecular weight excluding hydrogens is 226 g/mol. The Kier molecular flexibility index (Phi) is 3.61. The first-order valence-electron chi connectivity index (χ1n) is 5.15. The molecule has 16 heavy (non-hydrogen) atoms. The molecule has 2 N–H and O–H groups in total. The van der Waals surface area contributed by atoms with Crippen molar-refractivity contribution in [2.24, 2.45) is 0 Å². The lowest BCUT2D eigenvalue weighted by Crippen LogP contribution is -2.26. The Labute approximate surface area is 97.7 Å². The minimum absolute atomic E-state index is 0.0245. The van der Waals surface area contributed by atoms with Crippen LogP contribution in [0.2, 0.25) is 0 Å². The van der Waals surface area contributed by atoms with Gasteiger partial charge in [-0.15, -0.1) is 0 Å². The maximum absolute atomic E-state index is 10.6. The maximum Gasteiger partial charge on any atom is 0.356 e.